The van der Waals surface area contributed by atoms with Crippen LogP contribution in [0.2, 0.25) is 5.15 Å². The van der Waals surface area contributed by atoms with Gasteiger partial charge < -0.3 is 4.74 Å². The molecule has 0 radical (unpaired) electrons. The van der Waals surface area contributed by atoms with E-state index < -0.39 is 5.97 Å². The molecule has 0 saturated carbocycles. The highest BCUT2D eigenvalue weighted by Gasteiger charge is 2.12. The standard InChI is InChI=1S/C13H11ClN2O2/c1-2-18-13(17)10-6-11(12(14)16-8-10)9-4-3-5-15-7-9/h3-8H,2H2,1H3. The van der Waals surface area contributed by atoms with Crippen LogP contribution >= 0.6 is 11.6 Å². The molecule has 4 nitrogen and oxygen atoms in total. The van der Waals surface area contributed by atoms with Crippen LogP contribution < -0.4 is 0 Å². The van der Waals surface area contributed by atoms with E-state index in [0.29, 0.717) is 22.9 Å². The Bertz CT molecular complexity index is 558. The number of hydrogen-bond donors (Lipinski definition) is 0. The van der Waals surface area contributed by atoms with Gasteiger partial charge >= 0.3 is 5.97 Å². The predicted octanol–water partition coefficient (Wildman–Crippen LogP) is 2.97. The Morgan fingerprint density at radius 1 is 1.44 bits per heavy atom. The maximum atomic E-state index is 11.6. The molecule has 0 amide bonds. The number of hydrogen-bond acceptors (Lipinski definition) is 4. The van der Waals surface area contributed by atoms with Crippen LogP contribution in [0.15, 0.2) is 36.8 Å². The van der Waals surface area contributed by atoms with E-state index in [1.807, 2.05) is 6.07 Å². The van der Waals surface area contributed by atoms with Gasteiger partial charge in [-0.1, -0.05) is 17.7 Å². The van der Waals surface area contributed by atoms with Crippen molar-refractivity contribution in [2.24, 2.45) is 0 Å². The van der Waals surface area contributed by atoms with Gasteiger partial charge in [-0.15, -0.1) is 0 Å². The summed E-state index contributed by atoms with van der Waals surface area (Å²) >= 11 is 6.02. The van der Waals surface area contributed by atoms with Crippen LogP contribution in [-0.4, -0.2) is 22.5 Å². The molecule has 2 heterocycles. The van der Waals surface area contributed by atoms with Gasteiger partial charge in [-0.3, -0.25) is 4.98 Å². The van der Waals surface area contributed by atoms with E-state index in [0.717, 1.165) is 5.56 Å². The molecule has 0 bridgehead atoms. The summed E-state index contributed by atoms with van der Waals surface area (Å²) in [6.45, 7) is 2.08. The van der Waals surface area contributed by atoms with E-state index in [2.05, 4.69) is 9.97 Å². The molecule has 0 atom stereocenters. The molecule has 0 unspecified atom stereocenters. The number of carbonyl (C=O) groups excluding carboxylic acids is 1. The summed E-state index contributed by atoms with van der Waals surface area (Å²) < 4.78 is 4.92. The minimum Gasteiger partial charge on any atom is -0.462 e. The average Bonchev–Trinajstić information content (AvgIpc) is 2.40. The second kappa shape index (κ2) is 5.60. The lowest BCUT2D eigenvalue weighted by atomic mass is 10.1. The Kier molecular flexibility index (Phi) is 3.89. The van der Waals surface area contributed by atoms with E-state index in [9.17, 15) is 4.79 Å². The Hall–Kier alpha value is -1.94. The molecule has 0 aliphatic rings. The third-order valence-electron chi connectivity index (χ3n) is 2.32. The Labute approximate surface area is 110 Å². The molecule has 0 saturated heterocycles. The number of pyridine rings is 2. The number of aromatic nitrogens is 2. The number of ether oxygens (including phenoxy) is 1. The van der Waals surface area contributed by atoms with Crippen molar-refractivity contribution >= 4 is 17.6 Å². The lowest BCUT2D eigenvalue weighted by Crippen LogP contribution is -2.05. The predicted molar refractivity (Wildman–Crippen MR) is 68.4 cm³/mol. The molecule has 5 heteroatoms. The molecule has 92 valence electrons. The molecule has 2 aromatic rings. The number of rotatable bonds is 3. The number of nitrogens with zero attached hydrogens (tertiary/aromatic N) is 2. The van der Waals surface area contributed by atoms with Crippen molar-refractivity contribution in [1.29, 1.82) is 0 Å². The van der Waals surface area contributed by atoms with Crippen molar-refractivity contribution < 1.29 is 9.53 Å². The summed E-state index contributed by atoms with van der Waals surface area (Å²) in [4.78, 5) is 19.6. The minimum absolute atomic E-state index is 0.323. The van der Waals surface area contributed by atoms with Crippen molar-refractivity contribution in [2.45, 2.75) is 6.92 Å². The lowest BCUT2D eigenvalue weighted by molar-refractivity contribution is 0.0526. The first kappa shape index (κ1) is 12.5. The maximum Gasteiger partial charge on any atom is 0.339 e. The number of carbonyl (C=O) groups is 1. The van der Waals surface area contributed by atoms with Crippen LogP contribution in [0.3, 0.4) is 0 Å². The normalized spacial score (nSPS) is 10.1. The van der Waals surface area contributed by atoms with Crippen LogP contribution in [0.5, 0.6) is 0 Å². The van der Waals surface area contributed by atoms with Crippen molar-refractivity contribution in [3.63, 3.8) is 0 Å². The highest BCUT2D eigenvalue weighted by atomic mass is 35.5. The average molecular weight is 263 g/mol. The van der Waals surface area contributed by atoms with Gasteiger partial charge in [-0.25, -0.2) is 9.78 Å². The SMILES string of the molecule is CCOC(=O)c1cnc(Cl)c(-c2cccnc2)c1. The summed E-state index contributed by atoms with van der Waals surface area (Å²) in [5.74, 6) is -0.410. The molecular formula is C13H11ClN2O2. The first-order valence-electron chi connectivity index (χ1n) is 5.45. The molecule has 0 aliphatic heterocycles. The molecule has 0 N–H and O–H groups in total. The van der Waals surface area contributed by atoms with Gasteiger partial charge in [-0.05, 0) is 19.1 Å². The fraction of sp³-hybridized carbons (Fsp3) is 0.154. The minimum atomic E-state index is -0.410. The van der Waals surface area contributed by atoms with E-state index in [-0.39, 0.29) is 0 Å². The molecule has 2 rings (SSSR count). The zero-order chi connectivity index (χ0) is 13.0. The second-order valence-electron chi connectivity index (χ2n) is 3.52. The highest BCUT2D eigenvalue weighted by Crippen LogP contribution is 2.26. The van der Waals surface area contributed by atoms with Crippen molar-refractivity contribution in [2.75, 3.05) is 6.61 Å². The van der Waals surface area contributed by atoms with E-state index in [1.165, 1.54) is 6.20 Å². The number of esters is 1. The fourth-order valence-electron chi connectivity index (χ4n) is 1.50. The largest absolute Gasteiger partial charge is 0.462 e. The highest BCUT2D eigenvalue weighted by molar-refractivity contribution is 6.32. The molecule has 2 aromatic heterocycles. The zero-order valence-electron chi connectivity index (χ0n) is 9.76. The summed E-state index contributed by atoms with van der Waals surface area (Å²) in [6, 6.07) is 5.30. The number of halogens is 1. The summed E-state index contributed by atoms with van der Waals surface area (Å²) in [5.41, 5.74) is 1.84. The Morgan fingerprint density at radius 2 is 2.28 bits per heavy atom. The first-order valence-corrected chi connectivity index (χ1v) is 5.83. The molecule has 0 aliphatic carbocycles. The third-order valence-corrected chi connectivity index (χ3v) is 2.62. The first-order chi connectivity index (χ1) is 8.72. The van der Waals surface area contributed by atoms with Crippen LogP contribution in [0.4, 0.5) is 0 Å². The maximum absolute atomic E-state index is 11.6. The molecule has 18 heavy (non-hydrogen) atoms. The van der Waals surface area contributed by atoms with Gasteiger partial charge in [0.15, 0.2) is 0 Å². The van der Waals surface area contributed by atoms with Gasteiger partial charge in [0.1, 0.15) is 5.15 Å². The van der Waals surface area contributed by atoms with Gasteiger partial charge in [0.05, 0.1) is 12.2 Å². The summed E-state index contributed by atoms with van der Waals surface area (Å²) in [7, 11) is 0. The van der Waals surface area contributed by atoms with Crippen LogP contribution in [0.25, 0.3) is 11.1 Å². The fourth-order valence-corrected chi connectivity index (χ4v) is 1.71. The summed E-state index contributed by atoms with van der Waals surface area (Å²) in [6.07, 6.45) is 4.73. The quantitative estimate of drug-likeness (QED) is 0.630. The second-order valence-corrected chi connectivity index (χ2v) is 3.88. The molecule has 0 spiro atoms. The Morgan fingerprint density at radius 3 is 2.94 bits per heavy atom. The molecule has 0 fully saturated rings. The van der Waals surface area contributed by atoms with E-state index >= 15 is 0 Å². The molecular weight excluding hydrogens is 252 g/mol. The molecule has 0 aromatic carbocycles. The zero-order valence-corrected chi connectivity index (χ0v) is 10.5. The smallest absolute Gasteiger partial charge is 0.339 e. The lowest BCUT2D eigenvalue weighted by Gasteiger charge is -2.06. The van der Waals surface area contributed by atoms with Gasteiger partial charge in [0, 0.05) is 29.7 Å². The van der Waals surface area contributed by atoms with Crippen molar-refractivity contribution in [3.8, 4) is 11.1 Å². The van der Waals surface area contributed by atoms with Crippen LogP contribution in [-0.2, 0) is 4.74 Å². The third kappa shape index (κ3) is 2.65. The van der Waals surface area contributed by atoms with E-state index in [1.54, 1.807) is 31.5 Å². The van der Waals surface area contributed by atoms with E-state index in [4.69, 9.17) is 16.3 Å². The van der Waals surface area contributed by atoms with Gasteiger partial charge in [0.25, 0.3) is 0 Å². The van der Waals surface area contributed by atoms with Gasteiger partial charge in [0.2, 0.25) is 0 Å². The Balaban J connectivity index is 2.42. The van der Waals surface area contributed by atoms with Crippen LogP contribution in [0, 0.1) is 0 Å². The van der Waals surface area contributed by atoms with Crippen LogP contribution in [0.1, 0.15) is 17.3 Å². The summed E-state index contributed by atoms with van der Waals surface area (Å²) in [5, 5.41) is 0.330. The monoisotopic (exact) mass is 262 g/mol. The topological polar surface area (TPSA) is 52.1 Å². The van der Waals surface area contributed by atoms with Crippen molar-refractivity contribution in [3.05, 3.63) is 47.5 Å². The van der Waals surface area contributed by atoms with Gasteiger partial charge in [-0.2, -0.15) is 0 Å². The van der Waals surface area contributed by atoms with Crippen molar-refractivity contribution in [1.82, 2.24) is 9.97 Å².